The zero-order chi connectivity index (χ0) is 27.2. The number of aryl methyl sites for hydroxylation is 1. The fourth-order valence-corrected chi connectivity index (χ4v) is 6.07. The summed E-state index contributed by atoms with van der Waals surface area (Å²) in [5.74, 6) is -5.08. The molecule has 196 valence electrons. The molecule has 2 aromatic carbocycles. The number of rotatable bonds is 7. The number of anilines is 1. The van der Waals surface area contributed by atoms with Crippen molar-refractivity contribution >= 4 is 75.9 Å². The van der Waals surface area contributed by atoms with Crippen LogP contribution in [0.3, 0.4) is 0 Å². The van der Waals surface area contributed by atoms with E-state index in [1.807, 2.05) is 0 Å². The van der Waals surface area contributed by atoms with Crippen LogP contribution in [0, 0.1) is 18.8 Å². The lowest BCUT2D eigenvalue weighted by molar-refractivity contribution is -0.149. The van der Waals surface area contributed by atoms with Gasteiger partial charge in [0.15, 0.2) is 0 Å². The molecule has 2 aliphatic rings. The average Bonchev–Trinajstić information content (AvgIpc) is 3.30. The van der Waals surface area contributed by atoms with Gasteiger partial charge in [0.05, 0.1) is 27.6 Å². The lowest BCUT2D eigenvalue weighted by Gasteiger charge is -2.31. The van der Waals surface area contributed by atoms with Crippen LogP contribution in [0.15, 0.2) is 30.3 Å². The van der Waals surface area contributed by atoms with Gasteiger partial charge in [0.25, 0.3) is 0 Å². The summed E-state index contributed by atoms with van der Waals surface area (Å²) in [6.07, 6.45) is 0.0494. The number of primary amides is 1. The van der Waals surface area contributed by atoms with Crippen LogP contribution in [-0.2, 0) is 14.4 Å². The van der Waals surface area contributed by atoms with Gasteiger partial charge >= 0.3 is 12.0 Å². The van der Waals surface area contributed by atoms with E-state index in [1.165, 1.54) is 18.2 Å². The summed E-state index contributed by atoms with van der Waals surface area (Å²) in [5.41, 5.74) is 4.50. The Kier molecular flexibility index (Phi) is 7.65. The Hall–Kier alpha value is -2.56. The smallest absolute Gasteiger partial charge is 0.324 e. The molecular weight excluding hydrogens is 566 g/mol. The van der Waals surface area contributed by atoms with E-state index in [0.29, 0.717) is 5.02 Å². The average molecular weight is 588 g/mol. The van der Waals surface area contributed by atoms with E-state index in [-0.39, 0.29) is 45.7 Å². The van der Waals surface area contributed by atoms with Crippen molar-refractivity contribution in [1.29, 1.82) is 0 Å². The second-order valence-electron chi connectivity index (χ2n) is 9.03. The van der Waals surface area contributed by atoms with Gasteiger partial charge in [0.1, 0.15) is 5.54 Å². The molecule has 2 aliphatic heterocycles. The number of carbonyl (C=O) groups is 4. The molecule has 4 unspecified atom stereocenters. The Labute approximate surface area is 232 Å². The molecule has 0 aromatic heterocycles. The topological polar surface area (TPSA) is 142 Å². The molecular formula is C24H22Cl4N4O5. The second kappa shape index (κ2) is 10.3. The number of amides is 4. The third-order valence-corrected chi connectivity index (χ3v) is 8.29. The van der Waals surface area contributed by atoms with Gasteiger partial charge in [-0.05, 0) is 55.2 Å². The molecule has 2 fully saturated rings. The Bertz CT molecular complexity index is 1320. The van der Waals surface area contributed by atoms with Crippen LogP contribution in [0.1, 0.15) is 30.0 Å². The van der Waals surface area contributed by atoms with Gasteiger partial charge in [-0.2, -0.15) is 0 Å². The van der Waals surface area contributed by atoms with E-state index in [2.05, 4.69) is 10.6 Å². The molecule has 2 heterocycles. The number of carboxylic acids is 1. The maximum Gasteiger partial charge on any atom is 0.324 e. The predicted molar refractivity (Wildman–Crippen MR) is 140 cm³/mol. The number of imide groups is 1. The number of benzene rings is 2. The summed E-state index contributed by atoms with van der Waals surface area (Å²) in [6.45, 7) is 1.84. The molecule has 2 aromatic rings. The zero-order valence-electron chi connectivity index (χ0n) is 19.4. The number of carbonyl (C=O) groups excluding carboxylic acids is 3. The number of nitrogens with zero attached hydrogens (tertiary/aromatic N) is 1. The SMILES string of the molecule is Cc1ccc(N2C(=O)C3C(c4cc(Cl)cc(Cl)c4Cl)NC(CCCNC(N)=O)(C(=O)O)C3C2=O)cc1Cl. The highest BCUT2D eigenvalue weighted by Gasteiger charge is 2.68. The van der Waals surface area contributed by atoms with Crippen molar-refractivity contribution in [3.63, 3.8) is 0 Å². The third-order valence-electron chi connectivity index (χ3n) is 6.85. The standard InChI is InChI=1S/C24H22Cl4N4O5/c1-10-3-4-12(9-14(10)26)32-20(33)16-17(21(32)34)24(22(35)36,5-2-6-30-23(29)37)31-19(16)13-7-11(25)8-15(27)18(13)28/h3-4,7-9,16-17,19,31H,2,5-6H2,1H3,(H,35,36)(H3,29,30,37). The van der Waals surface area contributed by atoms with Crippen LogP contribution in [-0.4, -0.2) is 41.0 Å². The van der Waals surface area contributed by atoms with E-state index < -0.39 is 47.2 Å². The molecule has 4 rings (SSSR count). The molecule has 4 atom stereocenters. The monoisotopic (exact) mass is 586 g/mol. The van der Waals surface area contributed by atoms with E-state index in [1.54, 1.807) is 19.1 Å². The highest BCUT2D eigenvalue weighted by Crippen LogP contribution is 2.53. The summed E-state index contributed by atoms with van der Waals surface area (Å²) in [7, 11) is 0. The van der Waals surface area contributed by atoms with Crippen LogP contribution >= 0.6 is 46.4 Å². The highest BCUT2D eigenvalue weighted by molar-refractivity contribution is 6.43. The fourth-order valence-electron chi connectivity index (χ4n) is 5.16. The Morgan fingerprint density at radius 2 is 1.81 bits per heavy atom. The number of hydrogen-bond acceptors (Lipinski definition) is 5. The minimum atomic E-state index is -1.87. The third kappa shape index (κ3) is 4.75. The first-order valence-corrected chi connectivity index (χ1v) is 12.7. The van der Waals surface area contributed by atoms with Crippen LogP contribution in [0.2, 0.25) is 20.1 Å². The Balaban J connectivity index is 1.84. The molecule has 2 saturated heterocycles. The normalized spacial score (nSPS) is 24.9. The van der Waals surface area contributed by atoms with Crippen molar-refractivity contribution in [3.05, 3.63) is 61.5 Å². The maximum atomic E-state index is 13.8. The van der Waals surface area contributed by atoms with E-state index in [9.17, 15) is 24.3 Å². The van der Waals surface area contributed by atoms with Crippen LogP contribution in [0.25, 0.3) is 0 Å². The summed E-state index contributed by atoms with van der Waals surface area (Å²) >= 11 is 25.2. The maximum absolute atomic E-state index is 13.8. The number of hydrogen-bond donors (Lipinski definition) is 4. The van der Waals surface area contributed by atoms with Gasteiger partial charge in [0.2, 0.25) is 11.8 Å². The van der Waals surface area contributed by atoms with Gasteiger partial charge in [-0.15, -0.1) is 0 Å². The number of aliphatic carboxylic acids is 1. The molecule has 0 aliphatic carbocycles. The minimum absolute atomic E-state index is 0.0667. The van der Waals surface area contributed by atoms with E-state index in [4.69, 9.17) is 52.1 Å². The highest BCUT2D eigenvalue weighted by atomic mass is 35.5. The van der Waals surface area contributed by atoms with Gasteiger partial charge < -0.3 is 16.2 Å². The first kappa shape index (κ1) is 27.5. The van der Waals surface area contributed by atoms with Crippen LogP contribution in [0.5, 0.6) is 0 Å². The summed E-state index contributed by atoms with van der Waals surface area (Å²) in [6, 6.07) is 5.85. The summed E-state index contributed by atoms with van der Waals surface area (Å²) in [4.78, 5) is 52.6. The predicted octanol–water partition coefficient (Wildman–Crippen LogP) is 4.33. The van der Waals surface area contributed by atoms with E-state index in [0.717, 1.165) is 10.5 Å². The largest absolute Gasteiger partial charge is 0.480 e. The molecule has 0 radical (unpaired) electrons. The first-order chi connectivity index (χ1) is 17.4. The first-order valence-electron chi connectivity index (χ1n) is 11.2. The summed E-state index contributed by atoms with van der Waals surface area (Å²) in [5, 5.41) is 16.6. The lowest BCUT2D eigenvalue weighted by Crippen LogP contribution is -2.56. The Morgan fingerprint density at radius 1 is 1.11 bits per heavy atom. The van der Waals surface area contributed by atoms with Gasteiger partial charge in [-0.25, -0.2) is 9.69 Å². The second-order valence-corrected chi connectivity index (χ2v) is 10.7. The molecule has 0 bridgehead atoms. The molecule has 0 spiro atoms. The van der Waals surface area contributed by atoms with Crippen LogP contribution < -0.4 is 21.3 Å². The number of nitrogens with two attached hydrogens (primary N) is 1. The van der Waals surface area contributed by atoms with E-state index >= 15 is 0 Å². The number of halogens is 4. The molecule has 13 heteroatoms. The molecule has 0 saturated carbocycles. The Morgan fingerprint density at radius 3 is 2.43 bits per heavy atom. The van der Waals surface area contributed by atoms with Gasteiger partial charge in [-0.1, -0.05) is 52.5 Å². The summed E-state index contributed by atoms with van der Waals surface area (Å²) < 4.78 is 0. The quantitative estimate of drug-likeness (QED) is 0.216. The molecule has 5 N–H and O–H groups in total. The van der Waals surface area contributed by atoms with Crippen molar-refractivity contribution in [2.45, 2.75) is 31.3 Å². The van der Waals surface area contributed by atoms with Gasteiger partial charge in [0, 0.05) is 22.6 Å². The van der Waals surface area contributed by atoms with Crippen LogP contribution in [0.4, 0.5) is 10.5 Å². The number of nitrogens with one attached hydrogen (secondary N) is 2. The number of fused-ring (bicyclic) bond motifs is 1. The minimum Gasteiger partial charge on any atom is -0.480 e. The molecule has 9 nitrogen and oxygen atoms in total. The lowest BCUT2D eigenvalue weighted by atomic mass is 9.77. The van der Waals surface area contributed by atoms with Crippen molar-refractivity contribution in [1.82, 2.24) is 10.6 Å². The number of urea groups is 1. The van der Waals surface area contributed by atoms with Crippen molar-refractivity contribution < 1.29 is 24.3 Å². The fraction of sp³-hybridized carbons (Fsp3) is 0.333. The van der Waals surface area contributed by atoms with Crippen molar-refractivity contribution in [2.24, 2.45) is 17.6 Å². The van der Waals surface area contributed by atoms with Gasteiger partial charge in [-0.3, -0.25) is 19.7 Å². The van der Waals surface area contributed by atoms with Crippen molar-refractivity contribution in [2.75, 3.05) is 11.4 Å². The zero-order valence-corrected chi connectivity index (χ0v) is 22.4. The van der Waals surface area contributed by atoms with Crippen molar-refractivity contribution in [3.8, 4) is 0 Å². The number of carboxylic acid groups (broad SMARTS) is 1. The molecule has 4 amide bonds. The molecule has 37 heavy (non-hydrogen) atoms.